The molecule has 1 amide bonds. The normalized spacial score (nSPS) is 11.9. The number of aromatic nitrogens is 2. The van der Waals surface area contributed by atoms with Crippen LogP contribution in [0.4, 0.5) is 4.79 Å². The molecule has 3 rings (SSSR count). The SMILES string of the molecule is CCCN(C(=O)OCc1ccccc1)C(Cn1cnc2ccccc21)C(=O)O. The highest BCUT2D eigenvalue weighted by Crippen LogP contribution is 2.15. The average Bonchev–Trinajstić information content (AvgIpc) is 3.12. The first-order valence-electron chi connectivity index (χ1n) is 9.20. The smallest absolute Gasteiger partial charge is 0.410 e. The highest BCUT2D eigenvalue weighted by atomic mass is 16.6. The van der Waals surface area contributed by atoms with Crippen LogP contribution in [-0.4, -0.2) is 44.2 Å². The van der Waals surface area contributed by atoms with Crippen LogP contribution >= 0.6 is 0 Å². The number of fused-ring (bicyclic) bond motifs is 1. The lowest BCUT2D eigenvalue weighted by Crippen LogP contribution is -2.48. The lowest BCUT2D eigenvalue weighted by molar-refractivity contribution is -0.143. The van der Waals surface area contributed by atoms with Crippen LogP contribution in [0.25, 0.3) is 11.0 Å². The molecule has 0 bridgehead atoms. The standard InChI is InChI=1S/C21H23N3O4/c1-2-12-24(21(27)28-14-16-8-4-3-5-9-16)19(20(25)26)13-23-15-22-17-10-6-7-11-18(17)23/h3-11,15,19H,2,12-14H2,1H3,(H,25,26). The van der Waals surface area contributed by atoms with Crippen LogP contribution in [-0.2, 0) is 22.7 Å². The Morgan fingerprint density at radius 1 is 1.14 bits per heavy atom. The topological polar surface area (TPSA) is 84.7 Å². The average molecular weight is 381 g/mol. The van der Waals surface area contributed by atoms with Crippen molar-refractivity contribution in [1.82, 2.24) is 14.5 Å². The van der Waals surface area contributed by atoms with Gasteiger partial charge in [-0.25, -0.2) is 14.6 Å². The van der Waals surface area contributed by atoms with E-state index in [0.717, 1.165) is 16.6 Å². The number of rotatable bonds is 8. The largest absolute Gasteiger partial charge is 0.480 e. The molecule has 0 saturated carbocycles. The van der Waals surface area contributed by atoms with E-state index in [1.807, 2.05) is 61.5 Å². The van der Waals surface area contributed by atoms with Crippen molar-refractivity contribution in [2.45, 2.75) is 32.5 Å². The summed E-state index contributed by atoms with van der Waals surface area (Å²) in [4.78, 5) is 30.2. The van der Waals surface area contributed by atoms with E-state index >= 15 is 0 Å². The van der Waals surface area contributed by atoms with Gasteiger partial charge >= 0.3 is 12.1 Å². The third kappa shape index (κ3) is 4.49. The summed E-state index contributed by atoms with van der Waals surface area (Å²) in [5.41, 5.74) is 2.45. The number of para-hydroxylation sites is 2. The van der Waals surface area contributed by atoms with Gasteiger partial charge in [0.25, 0.3) is 0 Å². The molecule has 0 fully saturated rings. The Bertz CT molecular complexity index is 939. The van der Waals surface area contributed by atoms with Gasteiger partial charge in [0.05, 0.1) is 23.9 Å². The van der Waals surface area contributed by atoms with Crippen LogP contribution in [0.5, 0.6) is 0 Å². The lowest BCUT2D eigenvalue weighted by atomic mass is 10.2. The third-order valence-electron chi connectivity index (χ3n) is 4.46. The zero-order valence-electron chi connectivity index (χ0n) is 15.7. The molecule has 7 heteroatoms. The molecular weight excluding hydrogens is 358 g/mol. The van der Waals surface area contributed by atoms with E-state index in [1.54, 1.807) is 10.9 Å². The van der Waals surface area contributed by atoms with Crippen LogP contribution < -0.4 is 0 Å². The van der Waals surface area contributed by atoms with Crippen LogP contribution in [0.15, 0.2) is 60.9 Å². The molecule has 1 unspecified atom stereocenters. The first kappa shape index (κ1) is 19.4. The number of carboxylic acids is 1. The van der Waals surface area contributed by atoms with E-state index < -0.39 is 18.1 Å². The number of carbonyl (C=O) groups excluding carboxylic acids is 1. The number of carboxylic acid groups (broad SMARTS) is 1. The number of aliphatic carboxylic acids is 1. The second kappa shape index (κ2) is 9.03. The molecule has 1 N–H and O–H groups in total. The van der Waals surface area contributed by atoms with E-state index in [4.69, 9.17) is 4.74 Å². The van der Waals surface area contributed by atoms with Crippen molar-refractivity contribution < 1.29 is 19.4 Å². The van der Waals surface area contributed by atoms with Crippen molar-refractivity contribution in [3.63, 3.8) is 0 Å². The maximum absolute atomic E-state index is 12.7. The Morgan fingerprint density at radius 3 is 2.57 bits per heavy atom. The van der Waals surface area contributed by atoms with Gasteiger partial charge in [-0.1, -0.05) is 49.4 Å². The zero-order chi connectivity index (χ0) is 19.9. The fourth-order valence-corrected chi connectivity index (χ4v) is 3.07. The molecule has 0 radical (unpaired) electrons. The second-order valence-electron chi connectivity index (χ2n) is 6.47. The number of hydrogen-bond acceptors (Lipinski definition) is 4. The van der Waals surface area contributed by atoms with Gasteiger partial charge in [0, 0.05) is 6.54 Å². The Labute approximate surface area is 163 Å². The van der Waals surface area contributed by atoms with Crippen LogP contribution in [0.3, 0.4) is 0 Å². The predicted octanol–water partition coefficient (Wildman–Crippen LogP) is 3.54. The summed E-state index contributed by atoms with van der Waals surface area (Å²) in [6, 6.07) is 15.7. The molecule has 1 atom stereocenters. The fourth-order valence-electron chi connectivity index (χ4n) is 3.07. The van der Waals surface area contributed by atoms with Gasteiger partial charge in [-0.15, -0.1) is 0 Å². The van der Waals surface area contributed by atoms with E-state index in [0.29, 0.717) is 6.42 Å². The zero-order valence-corrected chi connectivity index (χ0v) is 15.7. The minimum Gasteiger partial charge on any atom is -0.480 e. The molecule has 3 aromatic rings. The number of carbonyl (C=O) groups is 2. The first-order valence-corrected chi connectivity index (χ1v) is 9.20. The third-order valence-corrected chi connectivity index (χ3v) is 4.46. The highest BCUT2D eigenvalue weighted by Gasteiger charge is 2.31. The molecule has 0 aliphatic carbocycles. The molecule has 2 aromatic carbocycles. The van der Waals surface area contributed by atoms with E-state index in [-0.39, 0.29) is 19.7 Å². The van der Waals surface area contributed by atoms with Crippen molar-refractivity contribution in [3.05, 3.63) is 66.5 Å². The van der Waals surface area contributed by atoms with Gasteiger partial charge in [-0.05, 0) is 24.1 Å². The Balaban J connectivity index is 1.77. The minimum absolute atomic E-state index is 0.0935. The molecule has 1 heterocycles. The molecule has 0 aliphatic rings. The summed E-state index contributed by atoms with van der Waals surface area (Å²) < 4.78 is 7.13. The lowest BCUT2D eigenvalue weighted by Gasteiger charge is -2.28. The first-order chi connectivity index (χ1) is 13.6. The molecule has 28 heavy (non-hydrogen) atoms. The minimum atomic E-state index is -1.08. The monoisotopic (exact) mass is 381 g/mol. The maximum atomic E-state index is 12.7. The van der Waals surface area contributed by atoms with Crippen LogP contribution in [0.1, 0.15) is 18.9 Å². The van der Waals surface area contributed by atoms with Gasteiger partial charge in [-0.2, -0.15) is 0 Å². The van der Waals surface area contributed by atoms with Gasteiger partial charge < -0.3 is 14.4 Å². The number of ether oxygens (including phenoxy) is 1. The van der Waals surface area contributed by atoms with Crippen molar-refractivity contribution in [2.75, 3.05) is 6.54 Å². The molecule has 0 saturated heterocycles. The summed E-state index contributed by atoms with van der Waals surface area (Å²) in [7, 11) is 0. The van der Waals surface area contributed by atoms with E-state index in [1.165, 1.54) is 4.90 Å². The summed E-state index contributed by atoms with van der Waals surface area (Å²) in [5.74, 6) is -1.08. The number of hydrogen-bond donors (Lipinski definition) is 1. The summed E-state index contributed by atoms with van der Waals surface area (Å²) in [5, 5.41) is 9.79. The Hall–Kier alpha value is -3.35. The van der Waals surface area contributed by atoms with Crippen molar-refractivity contribution in [1.29, 1.82) is 0 Å². The number of imidazole rings is 1. The molecule has 1 aromatic heterocycles. The van der Waals surface area contributed by atoms with Gasteiger partial charge in [0.15, 0.2) is 6.04 Å². The van der Waals surface area contributed by atoms with E-state index in [9.17, 15) is 14.7 Å². The van der Waals surface area contributed by atoms with E-state index in [2.05, 4.69) is 4.98 Å². The summed E-state index contributed by atoms with van der Waals surface area (Å²) >= 11 is 0. The molecule has 7 nitrogen and oxygen atoms in total. The highest BCUT2D eigenvalue weighted by molar-refractivity contribution is 5.81. The quantitative estimate of drug-likeness (QED) is 0.645. The summed E-state index contributed by atoms with van der Waals surface area (Å²) in [6.45, 7) is 2.37. The van der Waals surface area contributed by atoms with Crippen molar-refractivity contribution in [3.8, 4) is 0 Å². The van der Waals surface area contributed by atoms with Gasteiger partial charge in [-0.3, -0.25) is 4.90 Å². The number of nitrogens with zero attached hydrogens (tertiary/aromatic N) is 3. The molecule has 146 valence electrons. The van der Waals surface area contributed by atoms with Gasteiger partial charge in [0.1, 0.15) is 6.61 Å². The molecular formula is C21H23N3O4. The fraction of sp³-hybridized carbons (Fsp3) is 0.286. The Kier molecular flexibility index (Phi) is 6.26. The molecule has 0 aliphatic heterocycles. The van der Waals surface area contributed by atoms with Crippen LogP contribution in [0.2, 0.25) is 0 Å². The molecule has 0 spiro atoms. The number of amides is 1. The maximum Gasteiger partial charge on any atom is 0.410 e. The second-order valence-corrected chi connectivity index (χ2v) is 6.47. The van der Waals surface area contributed by atoms with Crippen LogP contribution in [0, 0.1) is 0 Å². The predicted molar refractivity (Wildman–Crippen MR) is 105 cm³/mol. The van der Waals surface area contributed by atoms with Crippen molar-refractivity contribution >= 4 is 23.1 Å². The number of benzene rings is 2. The summed E-state index contributed by atoms with van der Waals surface area (Å²) in [6.07, 6.45) is 1.58. The van der Waals surface area contributed by atoms with Gasteiger partial charge in [0.2, 0.25) is 0 Å². The Morgan fingerprint density at radius 2 is 1.86 bits per heavy atom. The van der Waals surface area contributed by atoms with Crippen molar-refractivity contribution in [2.24, 2.45) is 0 Å².